The molecule has 3 heterocycles. The quantitative estimate of drug-likeness (QED) is 0.0200. The Labute approximate surface area is 380 Å². The number of carbonyl (C=O) groups excluding carboxylic acids is 5. The summed E-state index contributed by atoms with van der Waals surface area (Å²) in [5.74, 6) is 0.336. The van der Waals surface area contributed by atoms with E-state index in [0.29, 0.717) is 67.4 Å². The number of aromatic nitrogens is 3. The number of pyridine rings is 3. The molecule has 21 nitrogen and oxygen atoms in total. The Hall–Kier alpha value is -6.90. The summed E-state index contributed by atoms with van der Waals surface area (Å²) in [5.41, 5.74) is 18.4. The van der Waals surface area contributed by atoms with Gasteiger partial charge in [0.15, 0.2) is 11.6 Å². The summed E-state index contributed by atoms with van der Waals surface area (Å²) >= 11 is 0. The van der Waals surface area contributed by atoms with Crippen molar-refractivity contribution < 1.29 is 48.1 Å². The van der Waals surface area contributed by atoms with Crippen molar-refractivity contribution in [3.8, 4) is 0 Å². The number of hydrogen-bond donors (Lipinski definition) is 8. The van der Waals surface area contributed by atoms with Gasteiger partial charge in [0, 0.05) is 54.8 Å². The standard InChI is InChI=1S/C20H32N4O5.C13H20N4O.C11H15N3O4/c1-19(2,3)28-17(26)21-12-8-7-9-15(25)14-10-11-16(22-13-14)23-24-18(27)29-20(4,5)6;1-10(2)16-17-13-7-6-11(9-15-13)12(18)5-3-4-8-14;1-11(2,3)18-10(17)14-13-8-5-4-7(6-12-8)9(15)16/h10-11,13H,7-9,12H2,1-6H3,(H,21,26)(H,22,23)(H,24,27);6-7,9H,3-5,8,14H2,1-2H3,(H,15,17);4-6H,1-3H3,(H,12,13)(H,14,17)(H,15,16). The molecule has 0 aliphatic rings. The number of nitrogens with zero attached hydrogens (tertiary/aromatic N) is 4. The number of ether oxygens (including phenoxy) is 3. The Balaban J connectivity index is 0.000000511. The Bertz CT molecular complexity index is 1990. The molecule has 3 aromatic heterocycles. The summed E-state index contributed by atoms with van der Waals surface area (Å²) in [6.45, 7) is 20.8. The van der Waals surface area contributed by atoms with Crippen LogP contribution in [0.4, 0.5) is 31.8 Å². The maximum absolute atomic E-state index is 12.2. The van der Waals surface area contributed by atoms with Crippen molar-refractivity contribution in [1.29, 1.82) is 0 Å². The number of hydrazone groups is 1. The van der Waals surface area contributed by atoms with Gasteiger partial charge in [-0.25, -0.2) is 45.0 Å². The Morgan fingerprint density at radius 1 is 0.585 bits per heavy atom. The van der Waals surface area contributed by atoms with Gasteiger partial charge in [0.25, 0.3) is 0 Å². The minimum absolute atomic E-state index is 0.0404. The minimum atomic E-state index is -1.06. The van der Waals surface area contributed by atoms with E-state index in [1.165, 1.54) is 24.5 Å². The van der Waals surface area contributed by atoms with Gasteiger partial charge in [0.1, 0.15) is 34.3 Å². The molecular weight excluding hydrogens is 843 g/mol. The monoisotopic (exact) mass is 910 g/mol. The maximum Gasteiger partial charge on any atom is 0.426 e. The highest BCUT2D eigenvalue weighted by molar-refractivity contribution is 5.96. The molecule has 3 aromatic rings. The third-order valence-corrected chi connectivity index (χ3v) is 7.32. The van der Waals surface area contributed by atoms with Crippen molar-refractivity contribution >= 4 is 59.0 Å². The van der Waals surface area contributed by atoms with E-state index in [9.17, 15) is 28.8 Å². The molecule has 0 aliphatic heterocycles. The largest absolute Gasteiger partial charge is 0.478 e. The minimum Gasteiger partial charge on any atom is -0.478 e. The molecule has 0 saturated carbocycles. The van der Waals surface area contributed by atoms with Crippen LogP contribution in [0.1, 0.15) is 146 Å². The van der Waals surface area contributed by atoms with E-state index in [4.69, 9.17) is 25.1 Å². The van der Waals surface area contributed by atoms with E-state index in [1.54, 1.807) is 92.8 Å². The van der Waals surface area contributed by atoms with E-state index >= 15 is 0 Å². The van der Waals surface area contributed by atoms with Crippen molar-refractivity contribution in [2.75, 3.05) is 29.4 Å². The molecule has 3 rings (SSSR count). The third-order valence-electron chi connectivity index (χ3n) is 7.32. The van der Waals surface area contributed by atoms with Crippen LogP contribution in [0.3, 0.4) is 0 Å². The second kappa shape index (κ2) is 28.0. The lowest BCUT2D eigenvalue weighted by molar-refractivity contribution is 0.0519. The topological polar surface area (TPSA) is 300 Å². The normalized spacial score (nSPS) is 10.8. The first kappa shape index (κ1) is 56.1. The summed E-state index contributed by atoms with van der Waals surface area (Å²) in [6, 6.07) is 9.54. The fourth-order valence-corrected chi connectivity index (χ4v) is 4.49. The Morgan fingerprint density at radius 3 is 1.35 bits per heavy atom. The molecule has 0 fully saturated rings. The van der Waals surface area contributed by atoms with Crippen molar-refractivity contribution in [2.45, 2.75) is 131 Å². The SMILES string of the molecule is CC(C)(C)OC(=O)NCCCCC(=O)c1ccc(NNC(=O)OC(C)(C)C)nc1.CC(C)(C)OC(=O)NNc1ccc(C(=O)O)cn1.CC(C)=NNc1ccc(C(=O)CCCCN)cn1. The van der Waals surface area contributed by atoms with Gasteiger partial charge in [-0.15, -0.1) is 0 Å². The van der Waals surface area contributed by atoms with E-state index in [-0.39, 0.29) is 17.1 Å². The van der Waals surface area contributed by atoms with Crippen LogP contribution in [-0.4, -0.2) is 91.5 Å². The van der Waals surface area contributed by atoms with Gasteiger partial charge in [0.2, 0.25) is 0 Å². The van der Waals surface area contributed by atoms with Gasteiger partial charge in [-0.3, -0.25) is 25.9 Å². The number of carbonyl (C=O) groups is 6. The molecular formula is C44H67N11O10. The predicted octanol–water partition coefficient (Wildman–Crippen LogP) is 7.64. The molecule has 0 unspecified atom stereocenters. The highest BCUT2D eigenvalue weighted by atomic mass is 16.6. The molecule has 21 heteroatoms. The van der Waals surface area contributed by atoms with Gasteiger partial charge >= 0.3 is 24.2 Å². The number of nitrogens with one attached hydrogen (secondary N) is 6. The highest BCUT2D eigenvalue weighted by Crippen LogP contribution is 2.13. The van der Waals surface area contributed by atoms with Crippen LogP contribution >= 0.6 is 0 Å². The van der Waals surface area contributed by atoms with Crippen LogP contribution in [0.5, 0.6) is 0 Å². The molecule has 9 N–H and O–H groups in total. The van der Waals surface area contributed by atoms with Gasteiger partial charge in [-0.05, 0) is 145 Å². The number of carboxylic acid groups (broad SMARTS) is 1. The number of hydrogen-bond acceptors (Lipinski definition) is 17. The van der Waals surface area contributed by atoms with Crippen LogP contribution < -0.4 is 38.2 Å². The number of alkyl carbamates (subject to hydrolysis) is 1. The number of ketones is 2. The molecule has 0 bridgehead atoms. The number of Topliss-reactive ketones (excluding diaryl/α,β-unsaturated/α-hetero) is 2. The van der Waals surface area contributed by atoms with Crippen LogP contribution in [0, 0.1) is 0 Å². The number of rotatable bonds is 18. The first-order chi connectivity index (χ1) is 30.3. The summed E-state index contributed by atoms with van der Waals surface area (Å²) < 4.78 is 15.2. The van der Waals surface area contributed by atoms with Crippen molar-refractivity contribution in [2.24, 2.45) is 10.8 Å². The highest BCUT2D eigenvalue weighted by Gasteiger charge is 2.18. The fraction of sp³-hybridized carbons (Fsp3) is 0.500. The van der Waals surface area contributed by atoms with Crippen LogP contribution in [0.2, 0.25) is 0 Å². The molecule has 65 heavy (non-hydrogen) atoms. The number of anilines is 3. The zero-order chi connectivity index (χ0) is 49.2. The van der Waals surface area contributed by atoms with Crippen LogP contribution in [0.25, 0.3) is 0 Å². The van der Waals surface area contributed by atoms with E-state index in [1.807, 2.05) is 13.8 Å². The number of aromatic carboxylic acids is 1. The maximum atomic E-state index is 12.2. The second-order valence-electron chi connectivity index (χ2n) is 17.3. The summed E-state index contributed by atoms with van der Waals surface area (Å²) in [6.07, 6.45) is 6.35. The zero-order valence-corrected chi connectivity index (χ0v) is 39.3. The van der Waals surface area contributed by atoms with Crippen molar-refractivity contribution in [3.05, 3.63) is 71.7 Å². The van der Waals surface area contributed by atoms with Crippen LogP contribution in [0.15, 0.2) is 60.1 Å². The molecule has 0 radical (unpaired) electrons. The number of carboxylic acids is 1. The van der Waals surface area contributed by atoms with Crippen molar-refractivity contribution in [3.63, 3.8) is 0 Å². The van der Waals surface area contributed by atoms with E-state index in [0.717, 1.165) is 18.6 Å². The predicted molar refractivity (Wildman–Crippen MR) is 248 cm³/mol. The Morgan fingerprint density at radius 2 is 0.985 bits per heavy atom. The first-order valence-electron chi connectivity index (χ1n) is 20.9. The average Bonchev–Trinajstić information content (AvgIpc) is 3.20. The molecule has 0 atom stereocenters. The van der Waals surface area contributed by atoms with Crippen molar-refractivity contribution in [1.82, 2.24) is 31.1 Å². The van der Waals surface area contributed by atoms with Gasteiger partial charge in [-0.2, -0.15) is 5.10 Å². The molecule has 0 aliphatic carbocycles. The van der Waals surface area contributed by atoms with E-state index < -0.39 is 41.1 Å². The van der Waals surface area contributed by atoms with Crippen LogP contribution in [-0.2, 0) is 14.2 Å². The number of amides is 3. The third kappa shape index (κ3) is 28.4. The lowest BCUT2D eigenvalue weighted by Gasteiger charge is -2.19. The molecule has 0 saturated heterocycles. The summed E-state index contributed by atoms with van der Waals surface area (Å²) in [4.78, 5) is 81.0. The molecule has 3 amide bonds. The molecule has 0 aromatic carbocycles. The first-order valence-corrected chi connectivity index (χ1v) is 20.9. The lowest BCUT2D eigenvalue weighted by Crippen LogP contribution is -2.36. The molecule has 0 spiro atoms. The van der Waals surface area contributed by atoms with Gasteiger partial charge in [-0.1, -0.05) is 0 Å². The number of hydrazine groups is 2. The molecule has 358 valence electrons. The number of unbranched alkanes of at least 4 members (excludes halogenated alkanes) is 2. The second-order valence-corrected chi connectivity index (χ2v) is 17.3. The smallest absolute Gasteiger partial charge is 0.426 e. The zero-order valence-electron chi connectivity index (χ0n) is 39.3. The average molecular weight is 910 g/mol. The van der Waals surface area contributed by atoms with Gasteiger partial charge < -0.3 is 30.4 Å². The summed E-state index contributed by atoms with van der Waals surface area (Å²) in [5, 5.41) is 15.4. The van der Waals surface area contributed by atoms with E-state index in [2.05, 4.69) is 52.5 Å². The lowest BCUT2D eigenvalue weighted by atomic mass is 10.1. The van der Waals surface area contributed by atoms with Gasteiger partial charge in [0.05, 0.1) is 5.56 Å². The number of nitrogens with two attached hydrogens (primary N) is 1. The fourth-order valence-electron chi connectivity index (χ4n) is 4.49. The Kier molecular flexibility index (Phi) is 24.2. The summed E-state index contributed by atoms with van der Waals surface area (Å²) in [7, 11) is 0.